The normalized spacial score (nSPS) is 12.0. The maximum Gasteiger partial charge on any atom is 0.0950 e. The van der Waals surface area contributed by atoms with E-state index in [0.717, 1.165) is 12.2 Å². The molecular weight excluding hydrogens is 178 g/mol. The van der Waals surface area contributed by atoms with E-state index in [9.17, 15) is 0 Å². The van der Waals surface area contributed by atoms with Crippen molar-refractivity contribution in [2.75, 3.05) is 6.61 Å². The van der Waals surface area contributed by atoms with Gasteiger partial charge < -0.3 is 15.0 Å². The van der Waals surface area contributed by atoms with Crippen molar-refractivity contribution >= 4 is 0 Å². The SMILES string of the molecule is CC(C)(C)OCCn1cnc(CN)c1. The standard InChI is InChI=1S/C10H19N3O/c1-10(2,3)14-5-4-13-7-9(6-11)12-8-13/h7-8H,4-6,11H2,1-3H3. The third-order valence-electron chi connectivity index (χ3n) is 1.78. The molecule has 80 valence electrons. The van der Waals surface area contributed by atoms with Crippen LogP contribution in [0.25, 0.3) is 0 Å². The van der Waals surface area contributed by atoms with Gasteiger partial charge in [-0.3, -0.25) is 0 Å². The Kier molecular flexibility index (Phi) is 3.66. The van der Waals surface area contributed by atoms with Gasteiger partial charge in [-0.1, -0.05) is 0 Å². The molecule has 1 aromatic rings. The molecule has 0 unspecified atom stereocenters. The summed E-state index contributed by atoms with van der Waals surface area (Å²) in [6.07, 6.45) is 3.74. The molecule has 0 saturated carbocycles. The van der Waals surface area contributed by atoms with Gasteiger partial charge in [-0.15, -0.1) is 0 Å². The van der Waals surface area contributed by atoms with Gasteiger partial charge in [0.2, 0.25) is 0 Å². The largest absolute Gasteiger partial charge is 0.374 e. The molecule has 1 aromatic heterocycles. The van der Waals surface area contributed by atoms with Gasteiger partial charge in [-0.25, -0.2) is 4.98 Å². The van der Waals surface area contributed by atoms with Crippen molar-refractivity contribution in [3.63, 3.8) is 0 Å². The van der Waals surface area contributed by atoms with E-state index in [4.69, 9.17) is 10.5 Å². The fourth-order valence-corrected chi connectivity index (χ4v) is 1.09. The highest BCUT2D eigenvalue weighted by atomic mass is 16.5. The summed E-state index contributed by atoms with van der Waals surface area (Å²) < 4.78 is 7.59. The molecule has 1 heterocycles. The minimum atomic E-state index is -0.0721. The van der Waals surface area contributed by atoms with E-state index >= 15 is 0 Å². The van der Waals surface area contributed by atoms with Crippen LogP contribution in [0, 0.1) is 0 Å². The van der Waals surface area contributed by atoms with E-state index in [-0.39, 0.29) is 5.60 Å². The highest BCUT2D eigenvalue weighted by Gasteiger charge is 2.09. The van der Waals surface area contributed by atoms with E-state index in [0.29, 0.717) is 13.2 Å². The van der Waals surface area contributed by atoms with Crippen LogP contribution in [0.5, 0.6) is 0 Å². The second kappa shape index (κ2) is 4.57. The molecule has 2 N–H and O–H groups in total. The Bertz CT molecular complexity index is 275. The van der Waals surface area contributed by atoms with Gasteiger partial charge in [-0.2, -0.15) is 0 Å². The Hall–Kier alpha value is -0.870. The zero-order valence-electron chi connectivity index (χ0n) is 9.16. The Morgan fingerprint density at radius 3 is 2.71 bits per heavy atom. The molecule has 0 radical (unpaired) electrons. The summed E-state index contributed by atoms with van der Waals surface area (Å²) in [7, 11) is 0. The van der Waals surface area contributed by atoms with Gasteiger partial charge in [0.25, 0.3) is 0 Å². The summed E-state index contributed by atoms with van der Waals surface area (Å²) in [5.41, 5.74) is 6.30. The first-order valence-electron chi connectivity index (χ1n) is 4.86. The third kappa shape index (κ3) is 3.89. The van der Waals surface area contributed by atoms with Crippen LogP contribution in [0.15, 0.2) is 12.5 Å². The van der Waals surface area contributed by atoms with Gasteiger partial charge in [-0.05, 0) is 20.8 Å². The van der Waals surface area contributed by atoms with Crippen LogP contribution in [0.3, 0.4) is 0 Å². The fraction of sp³-hybridized carbons (Fsp3) is 0.700. The molecule has 0 fully saturated rings. The number of imidazole rings is 1. The molecule has 0 aliphatic heterocycles. The van der Waals surface area contributed by atoms with E-state index in [1.165, 1.54) is 0 Å². The lowest BCUT2D eigenvalue weighted by molar-refractivity contribution is -0.00683. The molecule has 0 spiro atoms. The first kappa shape index (κ1) is 11.2. The predicted octanol–water partition coefficient (Wildman–Crippen LogP) is 1.16. The monoisotopic (exact) mass is 197 g/mol. The smallest absolute Gasteiger partial charge is 0.0950 e. The number of nitrogens with zero attached hydrogens (tertiary/aromatic N) is 2. The summed E-state index contributed by atoms with van der Waals surface area (Å²) in [4.78, 5) is 4.13. The van der Waals surface area contributed by atoms with Gasteiger partial charge in [0.1, 0.15) is 0 Å². The molecule has 4 heteroatoms. The highest BCUT2D eigenvalue weighted by molar-refractivity contribution is 4.95. The van der Waals surface area contributed by atoms with Crippen LogP contribution in [-0.4, -0.2) is 21.8 Å². The lowest BCUT2D eigenvalue weighted by atomic mass is 10.2. The third-order valence-corrected chi connectivity index (χ3v) is 1.78. The summed E-state index contributed by atoms with van der Waals surface area (Å²) in [5.74, 6) is 0. The number of ether oxygens (including phenoxy) is 1. The molecule has 4 nitrogen and oxygen atoms in total. The topological polar surface area (TPSA) is 53.1 Å². The van der Waals surface area contributed by atoms with Crippen molar-refractivity contribution in [1.29, 1.82) is 0 Å². The van der Waals surface area contributed by atoms with Gasteiger partial charge in [0.05, 0.1) is 24.2 Å². The molecule has 0 atom stereocenters. The van der Waals surface area contributed by atoms with Crippen molar-refractivity contribution in [1.82, 2.24) is 9.55 Å². The minimum Gasteiger partial charge on any atom is -0.374 e. The second-order valence-corrected chi connectivity index (χ2v) is 4.27. The Morgan fingerprint density at radius 2 is 2.21 bits per heavy atom. The van der Waals surface area contributed by atoms with Crippen LogP contribution < -0.4 is 5.73 Å². The molecule has 14 heavy (non-hydrogen) atoms. The zero-order valence-corrected chi connectivity index (χ0v) is 9.16. The van der Waals surface area contributed by atoms with Crippen LogP contribution >= 0.6 is 0 Å². The van der Waals surface area contributed by atoms with Crippen molar-refractivity contribution in [3.8, 4) is 0 Å². The predicted molar refractivity (Wildman–Crippen MR) is 55.8 cm³/mol. The summed E-state index contributed by atoms with van der Waals surface area (Å²) >= 11 is 0. The molecule has 0 bridgehead atoms. The van der Waals surface area contributed by atoms with Crippen molar-refractivity contribution in [2.24, 2.45) is 5.73 Å². The van der Waals surface area contributed by atoms with Crippen molar-refractivity contribution in [2.45, 2.75) is 39.5 Å². The van der Waals surface area contributed by atoms with Gasteiger partial charge in [0.15, 0.2) is 0 Å². The average Bonchev–Trinajstić information content (AvgIpc) is 2.50. The number of hydrogen-bond acceptors (Lipinski definition) is 3. The Labute approximate surface area is 85.1 Å². The number of aromatic nitrogens is 2. The number of hydrogen-bond donors (Lipinski definition) is 1. The van der Waals surface area contributed by atoms with Gasteiger partial charge >= 0.3 is 0 Å². The van der Waals surface area contributed by atoms with Crippen LogP contribution in [-0.2, 0) is 17.8 Å². The van der Waals surface area contributed by atoms with Crippen molar-refractivity contribution in [3.05, 3.63) is 18.2 Å². The summed E-state index contributed by atoms with van der Waals surface area (Å²) in [6.45, 7) is 8.16. The number of rotatable bonds is 4. The first-order valence-corrected chi connectivity index (χ1v) is 4.86. The molecule has 0 aliphatic rings. The lowest BCUT2D eigenvalue weighted by Crippen LogP contribution is -2.21. The molecule has 0 aliphatic carbocycles. The maximum atomic E-state index is 5.60. The lowest BCUT2D eigenvalue weighted by Gasteiger charge is -2.19. The van der Waals surface area contributed by atoms with Crippen LogP contribution in [0.2, 0.25) is 0 Å². The quantitative estimate of drug-likeness (QED) is 0.788. The van der Waals surface area contributed by atoms with Crippen LogP contribution in [0.1, 0.15) is 26.5 Å². The fourth-order valence-electron chi connectivity index (χ4n) is 1.09. The summed E-state index contributed by atoms with van der Waals surface area (Å²) in [5, 5.41) is 0. The van der Waals surface area contributed by atoms with Crippen LogP contribution in [0.4, 0.5) is 0 Å². The van der Waals surface area contributed by atoms with E-state index < -0.39 is 0 Å². The Balaban J connectivity index is 2.31. The van der Waals surface area contributed by atoms with E-state index in [1.54, 1.807) is 6.33 Å². The molecule has 1 rings (SSSR count). The zero-order chi connectivity index (χ0) is 10.6. The molecule has 0 aromatic carbocycles. The van der Waals surface area contributed by atoms with E-state index in [2.05, 4.69) is 4.98 Å². The first-order chi connectivity index (χ1) is 6.51. The highest BCUT2D eigenvalue weighted by Crippen LogP contribution is 2.06. The maximum absolute atomic E-state index is 5.60. The Morgan fingerprint density at radius 1 is 1.50 bits per heavy atom. The molecular formula is C10H19N3O. The molecule has 0 saturated heterocycles. The second-order valence-electron chi connectivity index (χ2n) is 4.27. The minimum absolute atomic E-state index is 0.0721. The van der Waals surface area contributed by atoms with Crippen molar-refractivity contribution < 1.29 is 4.74 Å². The van der Waals surface area contributed by atoms with E-state index in [1.807, 2.05) is 31.5 Å². The average molecular weight is 197 g/mol. The number of nitrogens with two attached hydrogens (primary N) is 1. The molecule has 0 amide bonds. The summed E-state index contributed by atoms with van der Waals surface area (Å²) in [6, 6.07) is 0. The van der Waals surface area contributed by atoms with Gasteiger partial charge in [0, 0.05) is 19.3 Å².